The quantitative estimate of drug-likeness (QED) is 0.856. The molecule has 1 saturated carbocycles. The number of benzene rings is 1. The van der Waals surface area contributed by atoms with Gasteiger partial charge in [-0.15, -0.1) is 0 Å². The summed E-state index contributed by atoms with van der Waals surface area (Å²) in [6.45, 7) is 0.852. The van der Waals surface area contributed by atoms with Crippen molar-refractivity contribution in [1.29, 1.82) is 0 Å². The number of esters is 1. The number of ether oxygens (including phenoxy) is 1. The van der Waals surface area contributed by atoms with E-state index in [1.54, 1.807) is 6.07 Å². The first-order valence-corrected chi connectivity index (χ1v) is 7.23. The molecule has 0 aromatic heterocycles. The number of hydrogen-bond acceptors (Lipinski definition) is 4. The summed E-state index contributed by atoms with van der Waals surface area (Å²) >= 11 is 0. The number of hydrogen-bond donors (Lipinski definition) is 1. The SMILES string of the molecule is COC(=O)c1cccc(CN(C)C2CCC(N)CC2)c1. The van der Waals surface area contributed by atoms with Crippen molar-refractivity contribution in [3.63, 3.8) is 0 Å². The first kappa shape index (κ1) is 15.0. The van der Waals surface area contributed by atoms with E-state index in [2.05, 4.69) is 18.0 Å². The fourth-order valence-electron chi connectivity index (χ4n) is 2.87. The number of methoxy groups -OCH3 is 1. The molecule has 0 aliphatic heterocycles. The maximum Gasteiger partial charge on any atom is 0.337 e. The molecule has 4 heteroatoms. The summed E-state index contributed by atoms with van der Waals surface area (Å²) in [4.78, 5) is 13.9. The van der Waals surface area contributed by atoms with Gasteiger partial charge in [-0.05, 0) is 50.4 Å². The standard InChI is InChI=1S/C16H24N2O2/c1-18(15-8-6-14(17)7-9-15)11-12-4-3-5-13(10-12)16(19)20-2/h3-5,10,14-15H,6-9,11,17H2,1-2H3. The van der Waals surface area contributed by atoms with Gasteiger partial charge in [-0.3, -0.25) is 4.90 Å². The molecule has 0 saturated heterocycles. The minimum Gasteiger partial charge on any atom is -0.465 e. The molecular formula is C16H24N2O2. The van der Waals surface area contributed by atoms with Gasteiger partial charge in [0.1, 0.15) is 0 Å². The summed E-state index contributed by atoms with van der Waals surface area (Å²) in [6.07, 6.45) is 4.54. The molecule has 1 fully saturated rings. The highest BCUT2D eigenvalue weighted by molar-refractivity contribution is 5.89. The zero-order valence-electron chi connectivity index (χ0n) is 12.3. The topological polar surface area (TPSA) is 55.6 Å². The van der Waals surface area contributed by atoms with E-state index in [4.69, 9.17) is 10.5 Å². The summed E-state index contributed by atoms with van der Waals surface area (Å²) in [5, 5.41) is 0. The average Bonchev–Trinajstić information content (AvgIpc) is 2.47. The van der Waals surface area contributed by atoms with Gasteiger partial charge in [-0.2, -0.15) is 0 Å². The van der Waals surface area contributed by atoms with Crippen molar-refractivity contribution in [1.82, 2.24) is 4.90 Å². The number of nitrogens with zero attached hydrogens (tertiary/aromatic N) is 1. The normalized spacial score (nSPS) is 22.8. The van der Waals surface area contributed by atoms with Crippen LogP contribution in [0.4, 0.5) is 0 Å². The van der Waals surface area contributed by atoms with Crippen molar-refractivity contribution in [2.24, 2.45) is 5.73 Å². The molecule has 1 aromatic carbocycles. The van der Waals surface area contributed by atoms with Crippen LogP contribution in [-0.2, 0) is 11.3 Å². The predicted molar refractivity (Wildman–Crippen MR) is 79.5 cm³/mol. The fraction of sp³-hybridized carbons (Fsp3) is 0.562. The van der Waals surface area contributed by atoms with Gasteiger partial charge in [0.05, 0.1) is 12.7 Å². The molecule has 1 aromatic rings. The lowest BCUT2D eigenvalue weighted by molar-refractivity contribution is 0.0600. The van der Waals surface area contributed by atoms with Gasteiger partial charge >= 0.3 is 5.97 Å². The van der Waals surface area contributed by atoms with Crippen LogP contribution in [-0.4, -0.2) is 37.1 Å². The molecule has 0 amide bonds. The van der Waals surface area contributed by atoms with Gasteiger partial charge < -0.3 is 10.5 Å². The zero-order valence-corrected chi connectivity index (χ0v) is 12.3. The van der Waals surface area contributed by atoms with Crippen LogP contribution in [0, 0.1) is 0 Å². The van der Waals surface area contributed by atoms with Crippen molar-refractivity contribution in [3.8, 4) is 0 Å². The minimum atomic E-state index is -0.279. The first-order valence-electron chi connectivity index (χ1n) is 7.23. The Labute approximate surface area is 120 Å². The molecule has 4 nitrogen and oxygen atoms in total. The lowest BCUT2D eigenvalue weighted by Gasteiger charge is -2.33. The van der Waals surface area contributed by atoms with Crippen LogP contribution < -0.4 is 5.73 Å². The van der Waals surface area contributed by atoms with Gasteiger partial charge in [0.25, 0.3) is 0 Å². The molecule has 0 radical (unpaired) electrons. The third kappa shape index (κ3) is 3.81. The second-order valence-corrected chi connectivity index (χ2v) is 5.68. The van der Waals surface area contributed by atoms with E-state index in [0.717, 1.165) is 37.8 Å². The Morgan fingerprint density at radius 1 is 1.35 bits per heavy atom. The van der Waals surface area contributed by atoms with E-state index in [0.29, 0.717) is 17.6 Å². The molecule has 0 bridgehead atoms. The molecule has 0 spiro atoms. The Bertz CT molecular complexity index is 454. The van der Waals surface area contributed by atoms with Crippen LogP contribution in [0.5, 0.6) is 0 Å². The van der Waals surface area contributed by atoms with Gasteiger partial charge in [0, 0.05) is 18.6 Å². The summed E-state index contributed by atoms with van der Waals surface area (Å²) in [6, 6.07) is 8.63. The Hall–Kier alpha value is -1.39. The molecule has 0 atom stereocenters. The number of carbonyl (C=O) groups is 1. The monoisotopic (exact) mass is 276 g/mol. The smallest absolute Gasteiger partial charge is 0.337 e. The van der Waals surface area contributed by atoms with Gasteiger partial charge in [-0.25, -0.2) is 4.79 Å². The lowest BCUT2D eigenvalue weighted by atomic mass is 9.91. The van der Waals surface area contributed by atoms with Crippen LogP contribution in [0.3, 0.4) is 0 Å². The van der Waals surface area contributed by atoms with Crippen molar-refractivity contribution >= 4 is 5.97 Å². The summed E-state index contributed by atoms with van der Waals surface area (Å²) < 4.78 is 4.76. The molecular weight excluding hydrogens is 252 g/mol. The van der Waals surface area contributed by atoms with E-state index in [1.165, 1.54) is 7.11 Å². The van der Waals surface area contributed by atoms with Gasteiger partial charge in [0.15, 0.2) is 0 Å². The summed E-state index contributed by atoms with van der Waals surface area (Å²) in [5.41, 5.74) is 7.71. The Morgan fingerprint density at radius 2 is 2.05 bits per heavy atom. The van der Waals surface area contributed by atoms with Gasteiger partial charge in [-0.1, -0.05) is 12.1 Å². The van der Waals surface area contributed by atoms with Crippen molar-refractivity contribution in [2.75, 3.05) is 14.2 Å². The van der Waals surface area contributed by atoms with E-state index in [9.17, 15) is 4.79 Å². The summed E-state index contributed by atoms with van der Waals surface area (Å²) in [7, 11) is 3.55. The Balaban J connectivity index is 1.97. The molecule has 2 rings (SSSR count). The molecule has 2 N–H and O–H groups in total. The molecule has 1 aliphatic rings. The van der Waals surface area contributed by atoms with Crippen molar-refractivity contribution in [3.05, 3.63) is 35.4 Å². The third-order valence-electron chi connectivity index (χ3n) is 4.14. The molecule has 110 valence electrons. The largest absolute Gasteiger partial charge is 0.465 e. The van der Waals surface area contributed by atoms with Crippen LogP contribution in [0.1, 0.15) is 41.6 Å². The van der Waals surface area contributed by atoms with E-state index < -0.39 is 0 Å². The van der Waals surface area contributed by atoms with E-state index >= 15 is 0 Å². The predicted octanol–water partition coefficient (Wildman–Crippen LogP) is 2.17. The highest BCUT2D eigenvalue weighted by atomic mass is 16.5. The maximum absolute atomic E-state index is 11.5. The van der Waals surface area contributed by atoms with Crippen LogP contribution in [0.25, 0.3) is 0 Å². The van der Waals surface area contributed by atoms with E-state index in [-0.39, 0.29) is 5.97 Å². The van der Waals surface area contributed by atoms with Crippen molar-refractivity contribution < 1.29 is 9.53 Å². The number of rotatable bonds is 4. The second kappa shape index (κ2) is 6.86. The highest BCUT2D eigenvalue weighted by Gasteiger charge is 2.22. The summed E-state index contributed by atoms with van der Waals surface area (Å²) in [5.74, 6) is -0.279. The van der Waals surface area contributed by atoms with Crippen LogP contribution >= 0.6 is 0 Å². The number of carbonyl (C=O) groups excluding carboxylic acids is 1. The van der Waals surface area contributed by atoms with Crippen LogP contribution in [0.15, 0.2) is 24.3 Å². The fourth-order valence-corrected chi connectivity index (χ4v) is 2.87. The number of nitrogens with two attached hydrogens (primary N) is 1. The van der Waals surface area contributed by atoms with Crippen LogP contribution in [0.2, 0.25) is 0 Å². The lowest BCUT2D eigenvalue weighted by Crippen LogP contribution is -2.38. The molecule has 0 heterocycles. The molecule has 20 heavy (non-hydrogen) atoms. The third-order valence-corrected chi connectivity index (χ3v) is 4.14. The Morgan fingerprint density at radius 3 is 2.70 bits per heavy atom. The Kier molecular flexibility index (Phi) is 5.15. The molecule has 1 aliphatic carbocycles. The minimum absolute atomic E-state index is 0.279. The highest BCUT2D eigenvalue weighted by Crippen LogP contribution is 2.22. The maximum atomic E-state index is 11.5. The average molecular weight is 276 g/mol. The van der Waals surface area contributed by atoms with Crippen molar-refractivity contribution in [2.45, 2.75) is 44.3 Å². The zero-order chi connectivity index (χ0) is 14.5. The molecule has 0 unspecified atom stereocenters. The second-order valence-electron chi connectivity index (χ2n) is 5.68. The first-order chi connectivity index (χ1) is 9.60. The van der Waals surface area contributed by atoms with E-state index in [1.807, 2.05) is 12.1 Å². The van der Waals surface area contributed by atoms with Gasteiger partial charge in [0.2, 0.25) is 0 Å².